The summed E-state index contributed by atoms with van der Waals surface area (Å²) in [6.07, 6.45) is 0. The molecule has 6 heteroatoms. The van der Waals surface area contributed by atoms with Gasteiger partial charge in [0.2, 0.25) is 5.91 Å². The number of para-hydroxylation sites is 1. The van der Waals surface area contributed by atoms with Gasteiger partial charge in [-0.15, -0.1) is 0 Å². The number of amides is 1. The average molecular weight is 363 g/mol. The van der Waals surface area contributed by atoms with Crippen molar-refractivity contribution in [3.05, 3.63) is 65.5 Å². The van der Waals surface area contributed by atoms with Gasteiger partial charge >= 0.3 is 0 Å². The Morgan fingerprint density at radius 3 is 2.20 bits per heavy atom. The molecule has 0 aliphatic carbocycles. The molecule has 0 heterocycles. The second kappa shape index (κ2) is 7.35. The van der Waals surface area contributed by atoms with E-state index in [2.05, 4.69) is 26.1 Å². The van der Waals surface area contributed by atoms with Crippen molar-refractivity contribution in [2.45, 2.75) is 31.9 Å². The number of rotatable bonds is 5. The molecule has 2 aromatic carbocycles. The zero-order valence-electron chi connectivity index (χ0n) is 14.5. The van der Waals surface area contributed by atoms with E-state index in [4.69, 9.17) is 0 Å². The summed E-state index contributed by atoms with van der Waals surface area (Å²) in [5.41, 5.74) is 1.67. The summed E-state index contributed by atoms with van der Waals surface area (Å²) in [6, 6.07) is 12.9. The molecule has 0 radical (unpaired) electrons. The number of hydrogen-bond acceptors (Lipinski definition) is 3. The highest BCUT2D eigenvalue weighted by Gasteiger charge is 2.19. The number of carbonyl (C=O) groups is 1. The summed E-state index contributed by atoms with van der Waals surface area (Å²) in [5, 5.41) is 2.29. The molecule has 2 aromatic rings. The van der Waals surface area contributed by atoms with Crippen molar-refractivity contribution in [3.63, 3.8) is 0 Å². The number of halogens is 1. The molecule has 0 spiro atoms. The lowest BCUT2D eigenvalue weighted by Gasteiger charge is -2.19. The van der Waals surface area contributed by atoms with Crippen LogP contribution in [0.4, 0.5) is 10.1 Å². The topological polar surface area (TPSA) is 63.2 Å². The second-order valence-corrected chi connectivity index (χ2v) is 9.07. The predicted molar refractivity (Wildman–Crippen MR) is 97.7 cm³/mol. The van der Waals surface area contributed by atoms with Gasteiger partial charge in [-0.05, 0) is 28.7 Å². The highest BCUT2D eigenvalue weighted by atomic mass is 32.2. The monoisotopic (exact) mass is 363 g/mol. The normalized spacial score (nSPS) is 12.0. The van der Waals surface area contributed by atoms with Crippen molar-refractivity contribution in [2.75, 3.05) is 11.1 Å². The predicted octanol–water partition coefficient (Wildman–Crippen LogP) is 3.68. The van der Waals surface area contributed by atoms with E-state index in [-0.39, 0.29) is 16.9 Å². The maximum absolute atomic E-state index is 13.5. The lowest BCUT2D eigenvalue weighted by atomic mass is 9.87. The van der Waals surface area contributed by atoms with Gasteiger partial charge in [-0.1, -0.05) is 57.2 Å². The fourth-order valence-corrected chi connectivity index (χ4v) is 3.63. The van der Waals surface area contributed by atoms with Gasteiger partial charge < -0.3 is 5.32 Å². The molecular weight excluding hydrogens is 341 g/mol. The number of hydrogen-bond donors (Lipinski definition) is 1. The van der Waals surface area contributed by atoms with Crippen LogP contribution in [0.15, 0.2) is 48.5 Å². The molecule has 0 bridgehead atoms. The van der Waals surface area contributed by atoms with Crippen LogP contribution in [0.3, 0.4) is 0 Å². The van der Waals surface area contributed by atoms with Crippen molar-refractivity contribution >= 4 is 21.4 Å². The quantitative estimate of drug-likeness (QED) is 0.881. The molecule has 0 aliphatic rings. The van der Waals surface area contributed by atoms with E-state index in [1.54, 1.807) is 18.2 Å². The molecule has 1 N–H and O–H groups in total. The van der Waals surface area contributed by atoms with Gasteiger partial charge in [0, 0.05) is 0 Å². The Morgan fingerprint density at radius 2 is 1.64 bits per heavy atom. The minimum atomic E-state index is -3.65. The fourth-order valence-electron chi connectivity index (χ4n) is 2.35. The SMILES string of the molecule is CC(C)(C)c1ccc(CS(=O)(=O)CC(=O)Nc2ccccc2F)cc1. The Kier molecular flexibility index (Phi) is 5.62. The van der Waals surface area contributed by atoms with Crippen LogP contribution in [0.2, 0.25) is 0 Å². The molecule has 0 aromatic heterocycles. The molecule has 0 atom stereocenters. The molecule has 0 saturated heterocycles. The zero-order valence-corrected chi connectivity index (χ0v) is 15.4. The highest BCUT2D eigenvalue weighted by molar-refractivity contribution is 7.91. The highest BCUT2D eigenvalue weighted by Crippen LogP contribution is 2.22. The Balaban J connectivity index is 2.02. The smallest absolute Gasteiger partial charge is 0.239 e. The third kappa shape index (κ3) is 5.67. The lowest BCUT2D eigenvalue weighted by molar-refractivity contribution is -0.113. The summed E-state index contributed by atoms with van der Waals surface area (Å²) in [4.78, 5) is 11.9. The largest absolute Gasteiger partial charge is 0.323 e. The van der Waals surface area contributed by atoms with Gasteiger partial charge in [-0.3, -0.25) is 4.79 Å². The molecule has 0 aliphatic heterocycles. The van der Waals surface area contributed by atoms with Gasteiger partial charge in [-0.25, -0.2) is 12.8 Å². The van der Waals surface area contributed by atoms with E-state index >= 15 is 0 Å². The molecule has 0 saturated carbocycles. The van der Waals surface area contributed by atoms with Crippen LogP contribution in [-0.2, 0) is 25.8 Å². The van der Waals surface area contributed by atoms with E-state index in [0.717, 1.165) is 5.56 Å². The summed E-state index contributed by atoms with van der Waals surface area (Å²) in [7, 11) is -3.65. The maximum Gasteiger partial charge on any atom is 0.239 e. The number of nitrogens with one attached hydrogen (secondary N) is 1. The van der Waals surface area contributed by atoms with Crippen molar-refractivity contribution in [1.82, 2.24) is 0 Å². The Morgan fingerprint density at radius 1 is 1.04 bits per heavy atom. The first-order valence-electron chi connectivity index (χ1n) is 7.91. The molecule has 134 valence electrons. The van der Waals surface area contributed by atoms with Crippen LogP contribution in [0.25, 0.3) is 0 Å². The third-order valence-corrected chi connectivity index (χ3v) is 5.18. The minimum absolute atomic E-state index is 0.0168. The second-order valence-electron chi connectivity index (χ2n) is 7.01. The molecule has 0 fully saturated rings. The summed E-state index contributed by atoms with van der Waals surface area (Å²) in [6.45, 7) is 6.23. The van der Waals surface area contributed by atoms with Gasteiger partial charge in [0.05, 0.1) is 11.4 Å². The van der Waals surface area contributed by atoms with Crippen LogP contribution < -0.4 is 5.32 Å². The van der Waals surface area contributed by atoms with Gasteiger partial charge in [0.15, 0.2) is 9.84 Å². The molecular formula is C19H22FNO3S. The maximum atomic E-state index is 13.5. The van der Waals surface area contributed by atoms with E-state index in [0.29, 0.717) is 5.56 Å². The van der Waals surface area contributed by atoms with Crippen LogP contribution in [-0.4, -0.2) is 20.1 Å². The Hall–Kier alpha value is -2.21. The van der Waals surface area contributed by atoms with Crippen LogP contribution in [0.1, 0.15) is 31.9 Å². The first-order chi connectivity index (χ1) is 11.6. The van der Waals surface area contributed by atoms with Crippen molar-refractivity contribution in [3.8, 4) is 0 Å². The Bertz CT molecular complexity index is 853. The van der Waals surface area contributed by atoms with E-state index < -0.39 is 27.3 Å². The lowest BCUT2D eigenvalue weighted by Crippen LogP contribution is -2.24. The van der Waals surface area contributed by atoms with Crippen LogP contribution in [0.5, 0.6) is 0 Å². The minimum Gasteiger partial charge on any atom is -0.323 e. The average Bonchev–Trinajstić information content (AvgIpc) is 2.48. The number of carbonyl (C=O) groups excluding carboxylic acids is 1. The van der Waals surface area contributed by atoms with Crippen LogP contribution >= 0.6 is 0 Å². The van der Waals surface area contributed by atoms with E-state index in [1.807, 2.05) is 12.1 Å². The molecule has 1 amide bonds. The third-order valence-electron chi connectivity index (χ3n) is 3.71. The van der Waals surface area contributed by atoms with Crippen molar-refractivity contribution in [1.29, 1.82) is 0 Å². The molecule has 25 heavy (non-hydrogen) atoms. The Labute approximate surface area is 148 Å². The van der Waals surface area contributed by atoms with Gasteiger partial charge in [-0.2, -0.15) is 0 Å². The van der Waals surface area contributed by atoms with E-state index in [9.17, 15) is 17.6 Å². The molecule has 2 rings (SSSR count). The first-order valence-corrected chi connectivity index (χ1v) is 9.73. The fraction of sp³-hybridized carbons (Fsp3) is 0.316. The summed E-state index contributed by atoms with van der Waals surface area (Å²) >= 11 is 0. The van der Waals surface area contributed by atoms with Crippen molar-refractivity contribution in [2.24, 2.45) is 0 Å². The first kappa shape index (κ1) is 19.1. The zero-order chi connectivity index (χ0) is 18.7. The molecule has 0 unspecified atom stereocenters. The van der Waals surface area contributed by atoms with Crippen LogP contribution in [0, 0.1) is 5.82 Å². The van der Waals surface area contributed by atoms with Gasteiger partial charge in [0.25, 0.3) is 0 Å². The number of sulfone groups is 1. The summed E-state index contributed by atoms with van der Waals surface area (Å²) in [5.74, 6) is -2.28. The molecule has 4 nitrogen and oxygen atoms in total. The number of anilines is 1. The van der Waals surface area contributed by atoms with Crippen molar-refractivity contribution < 1.29 is 17.6 Å². The van der Waals surface area contributed by atoms with Gasteiger partial charge in [0.1, 0.15) is 11.6 Å². The standard InChI is InChI=1S/C19H22FNO3S/c1-19(2,3)15-10-8-14(9-11-15)12-25(23,24)13-18(22)21-17-7-5-4-6-16(17)20/h4-11H,12-13H2,1-3H3,(H,21,22). The number of benzene rings is 2. The summed E-state index contributed by atoms with van der Waals surface area (Å²) < 4.78 is 37.9. The van der Waals surface area contributed by atoms with E-state index in [1.165, 1.54) is 18.2 Å².